The monoisotopic (exact) mass is 399 g/mol. The minimum atomic E-state index is -0.282. The first-order valence-corrected chi connectivity index (χ1v) is 10.3. The molecule has 0 bridgehead atoms. The molecule has 1 aliphatic rings. The Balaban J connectivity index is 1.52. The maximum Gasteiger partial charge on any atom is 0.227 e. The third-order valence-electron chi connectivity index (χ3n) is 5.53. The summed E-state index contributed by atoms with van der Waals surface area (Å²) in [4.78, 5) is 21.8. The van der Waals surface area contributed by atoms with Gasteiger partial charge in [0.25, 0.3) is 0 Å². The number of hydrogen-bond donors (Lipinski definition) is 0. The lowest BCUT2D eigenvalue weighted by Crippen LogP contribution is -2.49. The highest BCUT2D eigenvalue weighted by Crippen LogP contribution is 2.18. The normalized spacial score (nSPS) is 15.4. The Labute approximate surface area is 172 Å². The number of ether oxygens (including phenoxy) is 1. The number of amides is 1. The molecule has 1 fully saturated rings. The molecule has 0 saturated carbocycles. The van der Waals surface area contributed by atoms with Gasteiger partial charge in [-0.05, 0) is 42.7 Å². The number of hydrogen-bond acceptors (Lipinski definition) is 4. The van der Waals surface area contributed by atoms with Crippen LogP contribution in [0.5, 0.6) is 0 Å². The fraction of sp³-hybridized carbons (Fsp3) is 0.478. The Bertz CT molecular complexity index is 746. The second-order valence-corrected chi connectivity index (χ2v) is 7.53. The lowest BCUT2D eigenvalue weighted by molar-refractivity contribution is -0.134. The van der Waals surface area contributed by atoms with Crippen molar-refractivity contribution >= 4 is 5.91 Å². The first-order chi connectivity index (χ1) is 14.2. The molecule has 1 aliphatic heterocycles. The summed E-state index contributed by atoms with van der Waals surface area (Å²) >= 11 is 0. The zero-order valence-electron chi connectivity index (χ0n) is 17.1. The maximum atomic E-state index is 13.1. The van der Waals surface area contributed by atoms with E-state index in [4.69, 9.17) is 4.74 Å². The van der Waals surface area contributed by atoms with Gasteiger partial charge in [0.1, 0.15) is 5.82 Å². The zero-order valence-corrected chi connectivity index (χ0v) is 17.1. The Morgan fingerprint density at radius 1 is 1.21 bits per heavy atom. The number of carbonyl (C=O) groups excluding carboxylic acids is 1. The number of pyridine rings is 1. The van der Waals surface area contributed by atoms with Crippen molar-refractivity contribution in [3.05, 3.63) is 65.7 Å². The molecule has 29 heavy (non-hydrogen) atoms. The van der Waals surface area contributed by atoms with Crippen LogP contribution in [-0.4, -0.2) is 66.6 Å². The van der Waals surface area contributed by atoms with Crippen LogP contribution < -0.4 is 0 Å². The largest absolute Gasteiger partial charge is 0.383 e. The quantitative estimate of drug-likeness (QED) is 0.650. The standard InChI is InChI=1S/C23H30FN3O2/c1-29-17-16-27(23(28)18-19-5-7-20(24)8-6-19)22-10-14-26(15-11-22)13-9-21-4-2-3-12-25-21/h2-8,12,22H,9-11,13-18H2,1H3. The SMILES string of the molecule is COCCN(C(=O)Cc1ccc(F)cc1)C1CCN(CCc2ccccn2)CC1. The Hall–Kier alpha value is -2.31. The van der Waals surface area contributed by atoms with Crippen molar-refractivity contribution in [2.45, 2.75) is 31.7 Å². The van der Waals surface area contributed by atoms with E-state index in [1.54, 1.807) is 19.2 Å². The van der Waals surface area contributed by atoms with E-state index in [0.717, 1.165) is 50.2 Å². The molecule has 0 atom stereocenters. The summed E-state index contributed by atoms with van der Waals surface area (Å²) in [5.41, 5.74) is 1.96. The summed E-state index contributed by atoms with van der Waals surface area (Å²) in [6.07, 6.45) is 5.00. The van der Waals surface area contributed by atoms with Crippen molar-refractivity contribution in [2.75, 3.05) is 39.9 Å². The van der Waals surface area contributed by atoms with Crippen LogP contribution in [0.2, 0.25) is 0 Å². The highest BCUT2D eigenvalue weighted by Gasteiger charge is 2.27. The molecule has 0 N–H and O–H groups in total. The highest BCUT2D eigenvalue weighted by atomic mass is 19.1. The summed E-state index contributed by atoms with van der Waals surface area (Å²) < 4.78 is 18.4. The van der Waals surface area contributed by atoms with Gasteiger partial charge in [0.2, 0.25) is 5.91 Å². The van der Waals surface area contributed by atoms with Gasteiger partial charge in [0.15, 0.2) is 0 Å². The number of piperidine rings is 1. The van der Waals surface area contributed by atoms with Crippen molar-refractivity contribution in [1.82, 2.24) is 14.8 Å². The maximum absolute atomic E-state index is 13.1. The first kappa shape index (κ1) is 21.4. The van der Waals surface area contributed by atoms with Crippen molar-refractivity contribution < 1.29 is 13.9 Å². The van der Waals surface area contributed by atoms with Gasteiger partial charge >= 0.3 is 0 Å². The third kappa shape index (κ3) is 6.61. The van der Waals surface area contributed by atoms with Crippen molar-refractivity contribution in [1.29, 1.82) is 0 Å². The van der Waals surface area contributed by atoms with Crippen LogP contribution in [0.3, 0.4) is 0 Å². The third-order valence-corrected chi connectivity index (χ3v) is 5.53. The number of likely N-dealkylation sites (tertiary alicyclic amines) is 1. The van der Waals surface area contributed by atoms with Crippen LogP contribution in [-0.2, 0) is 22.4 Å². The molecule has 2 heterocycles. The average Bonchev–Trinajstić information content (AvgIpc) is 2.76. The molecule has 5 nitrogen and oxygen atoms in total. The molecule has 1 saturated heterocycles. The summed E-state index contributed by atoms with van der Waals surface area (Å²) in [5.74, 6) is -0.198. The number of nitrogens with zero attached hydrogens (tertiary/aromatic N) is 3. The van der Waals surface area contributed by atoms with Crippen molar-refractivity contribution in [3.8, 4) is 0 Å². The fourth-order valence-electron chi connectivity index (χ4n) is 3.85. The van der Waals surface area contributed by atoms with E-state index < -0.39 is 0 Å². The molecular formula is C23H30FN3O2. The number of methoxy groups -OCH3 is 1. The Morgan fingerprint density at radius 2 is 1.97 bits per heavy atom. The van der Waals surface area contributed by atoms with Gasteiger partial charge in [0.05, 0.1) is 13.0 Å². The molecule has 1 aromatic carbocycles. The summed E-state index contributed by atoms with van der Waals surface area (Å²) in [7, 11) is 1.66. The Morgan fingerprint density at radius 3 is 2.62 bits per heavy atom. The average molecular weight is 400 g/mol. The van der Waals surface area contributed by atoms with E-state index in [1.807, 2.05) is 23.2 Å². The topological polar surface area (TPSA) is 45.7 Å². The van der Waals surface area contributed by atoms with Crippen molar-refractivity contribution in [3.63, 3.8) is 0 Å². The van der Waals surface area contributed by atoms with Crippen LogP contribution in [0.25, 0.3) is 0 Å². The van der Waals surface area contributed by atoms with Gasteiger partial charge in [-0.25, -0.2) is 4.39 Å². The van der Waals surface area contributed by atoms with E-state index in [1.165, 1.54) is 12.1 Å². The molecule has 0 aliphatic carbocycles. The molecule has 1 amide bonds. The molecule has 0 radical (unpaired) electrons. The van der Waals surface area contributed by atoms with E-state index in [0.29, 0.717) is 19.6 Å². The number of halogens is 1. The van der Waals surface area contributed by atoms with Crippen LogP contribution in [0, 0.1) is 5.82 Å². The second kappa shape index (κ2) is 11.0. The van der Waals surface area contributed by atoms with Gasteiger partial charge in [0, 0.05) is 57.6 Å². The van der Waals surface area contributed by atoms with E-state index >= 15 is 0 Å². The zero-order chi connectivity index (χ0) is 20.5. The highest BCUT2D eigenvalue weighted by molar-refractivity contribution is 5.79. The summed E-state index contributed by atoms with van der Waals surface area (Å²) in [6, 6.07) is 12.4. The molecular weight excluding hydrogens is 369 g/mol. The molecule has 0 unspecified atom stereocenters. The predicted octanol–water partition coefficient (Wildman–Crippen LogP) is 2.95. The van der Waals surface area contributed by atoms with Gasteiger partial charge in [-0.1, -0.05) is 18.2 Å². The molecule has 0 spiro atoms. The van der Waals surface area contributed by atoms with Crippen molar-refractivity contribution in [2.24, 2.45) is 0 Å². The van der Waals surface area contributed by atoms with Gasteiger partial charge in [-0.3, -0.25) is 9.78 Å². The minimum Gasteiger partial charge on any atom is -0.383 e. The van der Waals surface area contributed by atoms with E-state index in [2.05, 4.69) is 16.0 Å². The van der Waals surface area contributed by atoms with Gasteiger partial charge < -0.3 is 14.5 Å². The van der Waals surface area contributed by atoms with Crippen LogP contribution in [0.15, 0.2) is 48.7 Å². The predicted molar refractivity (Wildman–Crippen MR) is 111 cm³/mol. The lowest BCUT2D eigenvalue weighted by Gasteiger charge is -2.38. The summed E-state index contributed by atoms with van der Waals surface area (Å²) in [5, 5.41) is 0. The minimum absolute atomic E-state index is 0.0839. The van der Waals surface area contributed by atoms with Gasteiger partial charge in [-0.15, -0.1) is 0 Å². The van der Waals surface area contributed by atoms with E-state index in [-0.39, 0.29) is 17.8 Å². The summed E-state index contributed by atoms with van der Waals surface area (Å²) in [6.45, 7) is 4.06. The number of carbonyl (C=O) groups is 1. The van der Waals surface area contributed by atoms with Gasteiger partial charge in [-0.2, -0.15) is 0 Å². The number of aromatic nitrogens is 1. The molecule has 1 aromatic heterocycles. The smallest absolute Gasteiger partial charge is 0.227 e. The number of benzene rings is 1. The lowest BCUT2D eigenvalue weighted by atomic mass is 10.0. The number of rotatable bonds is 9. The van der Waals surface area contributed by atoms with Crippen LogP contribution in [0.4, 0.5) is 4.39 Å². The Kier molecular flexibility index (Phi) is 8.14. The molecule has 6 heteroatoms. The molecule has 156 valence electrons. The van der Waals surface area contributed by atoms with E-state index in [9.17, 15) is 9.18 Å². The van der Waals surface area contributed by atoms with Crippen LogP contribution in [0.1, 0.15) is 24.1 Å². The fourth-order valence-corrected chi connectivity index (χ4v) is 3.85. The molecule has 2 aromatic rings. The van der Waals surface area contributed by atoms with Crippen LogP contribution >= 0.6 is 0 Å². The first-order valence-electron chi connectivity index (χ1n) is 10.3. The second-order valence-electron chi connectivity index (χ2n) is 7.53. The molecule has 3 rings (SSSR count).